The van der Waals surface area contributed by atoms with E-state index in [2.05, 4.69) is 5.32 Å². The van der Waals surface area contributed by atoms with Crippen molar-refractivity contribution in [1.82, 2.24) is 5.32 Å². The van der Waals surface area contributed by atoms with Gasteiger partial charge in [0.15, 0.2) is 5.54 Å². The zero-order valence-electron chi connectivity index (χ0n) is 10.9. The van der Waals surface area contributed by atoms with Crippen LogP contribution in [0.5, 0.6) is 5.75 Å². The molecule has 2 atom stereocenters. The number of nitrogens with one attached hydrogen (secondary N) is 1. The number of para-hydroxylation sites is 1. The Kier molecular flexibility index (Phi) is 3.30. The number of hydrogen-bond acceptors (Lipinski definition) is 3. The lowest BCUT2D eigenvalue weighted by Crippen LogP contribution is -2.59. The number of aliphatic carboxylic acids is 1. The fourth-order valence-corrected chi connectivity index (χ4v) is 2.59. The maximum absolute atomic E-state index is 11.9. The van der Waals surface area contributed by atoms with Crippen LogP contribution >= 0.6 is 0 Å². The van der Waals surface area contributed by atoms with Gasteiger partial charge in [-0.25, -0.2) is 4.79 Å². The Bertz CT molecular complexity index is 458. The molecule has 98 valence electrons. The average molecular weight is 249 g/mol. The summed E-state index contributed by atoms with van der Waals surface area (Å²) in [6.07, 6.45) is 0. The molecule has 0 bridgehead atoms. The van der Waals surface area contributed by atoms with E-state index in [0.717, 1.165) is 0 Å². The Hall–Kier alpha value is -1.55. The second kappa shape index (κ2) is 4.61. The minimum atomic E-state index is -1.07. The molecule has 1 aliphatic heterocycles. The molecule has 1 aliphatic rings. The number of hydrogen-bond donors (Lipinski definition) is 2. The molecule has 1 aromatic rings. The standard InChI is InChI=1S/C14H19NO3/c1-9(2)15-14(13(16)17)10(3)8-18-12-7-5-4-6-11(12)14/h4-7,9-10,15H,8H2,1-3H3,(H,16,17). The lowest BCUT2D eigenvalue weighted by atomic mass is 9.76. The number of fused-ring (bicyclic) bond motifs is 1. The molecule has 0 aromatic heterocycles. The van der Waals surface area contributed by atoms with Crippen molar-refractivity contribution in [3.05, 3.63) is 29.8 Å². The van der Waals surface area contributed by atoms with Gasteiger partial charge in [-0.1, -0.05) is 25.1 Å². The third kappa shape index (κ3) is 1.86. The molecule has 2 rings (SSSR count). The molecule has 1 aromatic carbocycles. The maximum atomic E-state index is 11.9. The summed E-state index contributed by atoms with van der Waals surface area (Å²) in [7, 11) is 0. The monoisotopic (exact) mass is 249 g/mol. The second-order valence-corrected chi connectivity index (χ2v) is 5.12. The number of carbonyl (C=O) groups is 1. The zero-order valence-corrected chi connectivity index (χ0v) is 10.9. The zero-order chi connectivity index (χ0) is 13.3. The van der Waals surface area contributed by atoms with E-state index >= 15 is 0 Å². The van der Waals surface area contributed by atoms with Gasteiger partial charge in [0, 0.05) is 17.5 Å². The summed E-state index contributed by atoms with van der Waals surface area (Å²) in [5, 5.41) is 13.0. The van der Waals surface area contributed by atoms with Crippen molar-refractivity contribution in [2.45, 2.75) is 32.4 Å². The van der Waals surface area contributed by atoms with Gasteiger partial charge in [-0.15, -0.1) is 0 Å². The van der Waals surface area contributed by atoms with Gasteiger partial charge >= 0.3 is 5.97 Å². The van der Waals surface area contributed by atoms with Gasteiger partial charge in [0.1, 0.15) is 5.75 Å². The van der Waals surface area contributed by atoms with Gasteiger partial charge in [-0.3, -0.25) is 5.32 Å². The van der Waals surface area contributed by atoms with Gasteiger partial charge in [-0.2, -0.15) is 0 Å². The molecule has 4 heteroatoms. The first-order valence-electron chi connectivity index (χ1n) is 6.22. The van der Waals surface area contributed by atoms with Crippen molar-refractivity contribution in [2.75, 3.05) is 6.61 Å². The van der Waals surface area contributed by atoms with E-state index in [1.54, 1.807) is 0 Å². The van der Waals surface area contributed by atoms with Crippen molar-refractivity contribution >= 4 is 5.97 Å². The maximum Gasteiger partial charge on any atom is 0.329 e. The van der Waals surface area contributed by atoms with Gasteiger partial charge in [0.2, 0.25) is 0 Å². The first kappa shape index (κ1) is 12.9. The highest BCUT2D eigenvalue weighted by Crippen LogP contribution is 2.40. The van der Waals surface area contributed by atoms with Crippen LogP contribution in [0.1, 0.15) is 26.3 Å². The van der Waals surface area contributed by atoms with Crippen LogP contribution in [0.15, 0.2) is 24.3 Å². The lowest BCUT2D eigenvalue weighted by molar-refractivity contribution is -0.150. The van der Waals surface area contributed by atoms with Gasteiger partial charge in [-0.05, 0) is 19.9 Å². The fourth-order valence-electron chi connectivity index (χ4n) is 2.59. The van der Waals surface area contributed by atoms with Gasteiger partial charge in [0.25, 0.3) is 0 Å². The molecule has 2 N–H and O–H groups in total. The van der Waals surface area contributed by atoms with Crippen LogP contribution in [-0.4, -0.2) is 23.7 Å². The van der Waals surface area contributed by atoms with Crippen LogP contribution in [-0.2, 0) is 10.3 Å². The Balaban J connectivity index is 2.59. The summed E-state index contributed by atoms with van der Waals surface area (Å²) in [5.74, 6) is -0.321. The van der Waals surface area contributed by atoms with Crippen LogP contribution in [0.2, 0.25) is 0 Å². The quantitative estimate of drug-likeness (QED) is 0.860. The molecule has 18 heavy (non-hydrogen) atoms. The SMILES string of the molecule is CC(C)NC1(C(=O)O)c2ccccc2OCC1C. The third-order valence-corrected chi connectivity index (χ3v) is 3.39. The molecule has 0 saturated carbocycles. The summed E-state index contributed by atoms with van der Waals surface area (Å²) in [5.41, 5.74) is -0.354. The minimum Gasteiger partial charge on any atom is -0.493 e. The van der Waals surface area contributed by atoms with E-state index < -0.39 is 11.5 Å². The van der Waals surface area contributed by atoms with Gasteiger partial charge < -0.3 is 9.84 Å². The lowest BCUT2D eigenvalue weighted by Gasteiger charge is -2.42. The van der Waals surface area contributed by atoms with Crippen LogP contribution in [0.4, 0.5) is 0 Å². The molecule has 0 spiro atoms. The number of benzene rings is 1. The number of rotatable bonds is 3. The second-order valence-electron chi connectivity index (χ2n) is 5.12. The topological polar surface area (TPSA) is 58.6 Å². The highest BCUT2D eigenvalue weighted by molar-refractivity contribution is 5.83. The normalized spacial score (nSPS) is 26.6. The summed E-state index contributed by atoms with van der Waals surface area (Å²) in [6, 6.07) is 7.43. The Morgan fingerprint density at radius 2 is 2.17 bits per heavy atom. The largest absolute Gasteiger partial charge is 0.493 e. The first-order valence-corrected chi connectivity index (χ1v) is 6.22. The third-order valence-electron chi connectivity index (χ3n) is 3.39. The molecule has 0 aliphatic carbocycles. The summed E-state index contributed by atoms with van der Waals surface area (Å²) >= 11 is 0. The molecule has 0 amide bonds. The highest BCUT2D eigenvalue weighted by Gasteiger charge is 2.50. The number of carboxylic acids is 1. The molecule has 0 saturated heterocycles. The predicted octanol–water partition coefficient (Wildman–Crippen LogP) is 1.99. The van der Waals surface area contributed by atoms with E-state index in [4.69, 9.17) is 4.74 Å². The Morgan fingerprint density at radius 1 is 1.50 bits per heavy atom. The van der Waals surface area contributed by atoms with Crippen molar-refractivity contribution in [3.63, 3.8) is 0 Å². The molecule has 1 heterocycles. The predicted molar refractivity (Wildman–Crippen MR) is 68.7 cm³/mol. The fraction of sp³-hybridized carbons (Fsp3) is 0.500. The molecule has 0 radical (unpaired) electrons. The van der Waals surface area contributed by atoms with Crippen LogP contribution in [0.3, 0.4) is 0 Å². The molecule has 0 fully saturated rings. The average Bonchev–Trinajstić information content (AvgIpc) is 2.32. The van der Waals surface area contributed by atoms with Crippen LogP contribution in [0, 0.1) is 5.92 Å². The summed E-state index contributed by atoms with van der Waals surface area (Å²) in [4.78, 5) is 11.9. The van der Waals surface area contributed by atoms with Crippen molar-refractivity contribution in [3.8, 4) is 5.75 Å². The first-order chi connectivity index (χ1) is 8.48. The van der Waals surface area contributed by atoms with E-state index in [-0.39, 0.29) is 12.0 Å². The molecular weight excluding hydrogens is 230 g/mol. The molecule has 4 nitrogen and oxygen atoms in total. The van der Waals surface area contributed by atoms with Crippen LogP contribution < -0.4 is 10.1 Å². The van der Waals surface area contributed by atoms with Gasteiger partial charge in [0.05, 0.1) is 6.61 Å². The van der Waals surface area contributed by atoms with Crippen LogP contribution in [0.25, 0.3) is 0 Å². The minimum absolute atomic E-state index is 0.0784. The van der Waals surface area contributed by atoms with E-state index in [1.165, 1.54) is 0 Å². The number of ether oxygens (including phenoxy) is 1. The van der Waals surface area contributed by atoms with Crippen molar-refractivity contribution < 1.29 is 14.6 Å². The van der Waals surface area contributed by atoms with Crippen molar-refractivity contribution in [1.29, 1.82) is 0 Å². The Labute approximate surface area is 107 Å². The summed E-state index contributed by atoms with van der Waals surface area (Å²) in [6.45, 7) is 6.22. The smallest absolute Gasteiger partial charge is 0.329 e. The van der Waals surface area contributed by atoms with E-state index in [1.807, 2.05) is 45.0 Å². The van der Waals surface area contributed by atoms with Crippen molar-refractivity contribution in [2.24, 2.45) is 5.92 Å². The molecular formula is C14H19NO3. The number of carboxylic acid groups (broad SMARTS) is 1. The highest BCUT2D eigenvalue weighted by atomic mass is 16.5. The van der Waals surface area contributed by atoms with E-state index in [9.17, 15) is 9.90 Å². The summed E-state index contributed by atoms with van der Waals surface area (Å²) < 4.78 is 5.62. The molecule has 2 unspecified atom stereocenters. The Morgan fingerprint density at radius 3 is 2.78 bits per heavy atom. The van der Waals surface area contributed by atoms with E-state index in [0.29, 0.717) is 17.9 Å².